The van der Waals surface area contributed by atoms with Crippen LogP contribution >= 0.6 is 0 Å². The van der Waals surface area contributed by atoms with E-state index in [1.807, 2.05) is 6.92 Å². The van der Waals surface area contributed by atoms with E-state index in [2.05, 4.69) is 9.97 Å². The fourth-order valence-electron chi connectivity index (χ4n) is 1.48. The molecule has 0 fully saturated rings. The van der Waals surface area contributed by atoms with Crippen molar-refractivity contribution in [2.24, 2.45) is 0 Å². The van der Waals surface area contributed by atoms with Crippen LogP contribution < -0.4 is 5.73 Å². The van der Waals surface area contributed by atoms with Crippen molar-refractivity contribution < 1.29 is 8.83 Å². The van der Waals surface area contributed by atoms with Crippen molar-refractivity contribution in [2.45, 2.75) is 6.92 Å². The summed E-state index contributed by atoms with van der Waals surface area (Å²) in [5, 5.41) is 0. The predicted molar refractivity (Wildman–Crippen MR) is 58.7 cm³/mol. The Morgan fingerprint density at radius 1 is 1.19 bits per heavy atom. The van der Waals surface area contributed by atoms with Crippen LogP contribution in [0.2, 0.25) is 0 Å². The van der Waals surface area contributed by atoms with E-state index in [-0.39, 0.29) is 0 Å². The van der Waals surface area contributed by atoms with E-state index in [9.17, 15) is 0 Å². The standard InChI is InChI=1S/C11H9N3O2/c1-6-5-15-10(13-6)11-14-8-3-2-7(12)4-9(8)16-11/h2-5H,12H2,1H3. The van der Waals surface area contributed by atoms with Crippen LogP contribution in [0.1, 0.15) is 5.69 Å². The van der Waals surface area contributed by atoms with E-state index >= 15 is 0 Å². The molecule has 0 unspecified atom stereocenters. The lowest BCUT2D eigenvalue weighted by Gasteiger charge is -1.88. The molecule has 3 rings (SSSR count). The highest BCUT2D eigenvalue weighted by Gasteiger charge is 2.12. The fraction of sp³-hybridized carbons (Fsp3) is 0.0909. The lowest BCUT2D eigenvalue weighted by molar-refractivity contribution is 0.526. The summed E-state index contributed by atoms with van der Waals surface area (Å²) in [7, 11) is 0. The molecular weight excluding hydrogens is 206 g/mol. The minimum Gasteiger partial charge on any atom is -0.441 e. The van der Waals surface area contributed by atoms with Crippen LogP contribution in [0.25, 0.3) is 22.9 Å². The van der Waals surface area contributed by atoms with Gasteiger partial charge in [0, 0.05) is 11.8 Å². The first-order valence-electron chi connectivity index (χ1n) is 4.81. The number of oxazole rings is 2. The van der Waals surface area contributed by atoms with Crippen LogP contribution in [-0.4, -0.2) is 9.97 Å². The molecule has 0 aliphatic carbocycles. The van der Waals surface area contributed by atoms with Gasteiger partial charge in [0.2, 0.25) is 0 Å². The van der Waals surface area contributed by atoms with E-state index < -0.39 is 0 Å². The fourth-order valence-corrected chi connectivity index (χ4v) is 1.48. The number of fused-ring (bicyclic) bond motifs is 1. The molecule has 0 aliphatic heterocycles. The molecule has 0 atom stereocenters. The van der Waals surface area contributed by atoms with E-state index in [0.29, 0.717) is 23.1 Å². The summed E-state index contributed by atoms with van der Waals surface area (Å²) < 4.78 is 10.7. The topological polar surface area (TPSA) is 78.1 Å². The summed E-state index contributed by atoms with van der Waals surface area (Å²) in [4.78, 5) is 8.40. The van der Waals surface area contributed by atoms with Gasteiger partial charge >= 0.3 is 0 Å². The number of nitrogen functional groups attached to an aromatic ring is 1. The van der Waals surface area contributed by atoms with Gasteiger partial charge in [0.05, 0.1) is 5.69 Å². The molecule has 2 aromatic heterocycles. The molecule has 0 radical (unpaired) electrons. The third-order valence-corrected chi connectivity index (χ3v) is 2.21. The van der Waals surface area contributed by atoms with Gasteiger partial charge in [-0.05, 0) is 19.1 Å². The maximum absolute atomic E-state index is 5.65. The highest BCUT2D eigenvalue weighted by molar-refractivity contribution is 5.78. The van der Waals surface area contributed by atoms with E-state index in [4.69, 9.17) is 14.6 Å². The van der Waals surface area contributed by atoms with Gasteiger partial charge in [0.25, 0.3) is 11.8 Å². The van der Waals surface area contributed by atoms with Crippen molar-refractivity contribution >= 4 is 16.8 Å². The van der Waals surface area contributed by atoms with Crippen LogP contribution in [0, 0.1) is 6.92 Å². The van der Waals surface area contributed by atoms with Gasteiger partial charge in [0.15, 0.2) is 5.58 Å². The Labute approximate surface area is 90.9 Å². The highest BCUT2D eigenvalue weighted by Crippen LogP contribution is 2.24. The zero-order valence-corrected chi connectivity index (χ0v) is 8.60. The molecule has 0 bridgehead atoms. The molecule has 16 heavy (non-hydrogen) atoms. The molecule has 0 spiro atoms. The number of anilines is 1. The lowest BCUT2D eigenvalue weighted by atomic mass is 10.3. The van der Waals surface area contributed by atoms with Gasteiger partial charge in [0.1, 0.15) is 11.8 Å². The van der Waals surface area contributed by atoms with Gasteiger partial charge in [-0.1, -0.05) is 0 Å². The van der Waals surface area contributed by atoms with E-state index in [1.165, 1.54) is 0 Å². The maximum Gasteiger partial charge on any atom is 0.284 e. The molecular formula is C11H9N3O2. The van der Waals surface area contributed by atoms with Gasteiger partial charge < -0.3 is 14.6 Å². The molecule has 5 nitrogen and oxygen atoms in total. The van der Waals surface area contributed by atoms with Crippen LogP contribution in [0.4, 0.5) is 5.69 Å². The zero-order valence-electron chi connectivity index (χ0n) is 8.60. The molecule has 5 heteroatoms. The second kappa shape index (κ2) is 3.10. The Kier molecular flexibility index (Phi) is 1.73. The first-order valence-corrected chi connectivity index (χ1v) is 4.81. The Bertz CT molecular complexity index is 654. The second-order valence-corrected chi connectivity index (χ2v) is 3.54. The molecule has 0 amide bonds. The van der Waals surface area contributed by atoms with Crippen molar-refractivity contribution in [1.82, 2.24) is 9.97 Å². The molecule has 3 aromatic rings. The molecule has 80 valence electrons. The number of hydrogen-bond acceptors (Lipinski definition) is 5. The average molecular weight is 215 g/mol. The summed E-state index contributed by atoms with van der Waals surface area (Å²) in [6, 6.07) is 5.30. The number of hydrogen-bond donors (Lipinski definition) is 1. The van der Waals surface area contributed by atoms with Crippen molar-refractivity contribution in [3.05, 3.63) is 30.2 Å². The van der Waals surface area contributed by atoms with Crippen molar-refractivity contribution in [2.75, 3.05) is 5.73 Å². The summed E-state index contributed by atoms with van der Waals surface area (Å²) in [6.45, 7) is 1.84. The molecule has 2 N–H and O–H groups in total. The van der Waals surface area contributed by atoms with Crippen LogP contribution in [-0.2, 0) is 0 Å². The van der Waals surface area contributed by atoms with Crippen LogP contribution in [0.5, 0.6) is 0 Å². The normalized spacial score (nSPS) is 11.1. The zero-order chi connectivity index (χ0) is 11.1. The van der Waals surface area contributed by atoms with Crippen molar-refractivity contribution in [1.29, 1.82) is 0 Å². The third kappa shape index (κ3) is 1.33. The number of aryl methyl sites for hydroxylation is 1. The summed E-state index contributed by atoms with van der Waals surface area (Å²) in [6.07, 6.45) is 1.55. The number of benzene rings is 1. The molecule has 0 saturated heterocycles. The molecule has 2 heterocycles. The smallest absolute Gasteiger partial charge is 0.284 e. The maximum atomic E-state index is 5.65. The Hall–Kier alpha value is -2.30. The minimum atomic E-state index is 0.369. The number of nitrogens with two attached hydrogens (primary N) is 1. The monoisotopic (exact) mass is 215 g/mol. The summed E-state index contributed by atoms with van der Waals surface area (Å²) >= 11 is 0. The lowest BCUT2D eigenvalue weighted by Crippen LogP contribution is -1.81. The van der Waals surface area contributed by atoms with E-state index in [0.717, 1.165) is 11.2 Å². The van der Waals surface area contributed by atoms with Crippen LogP contribution in [0.15, 0.2) is 33.3 Å². The largest absolute Gasteiger partial charge is 0.441 e. The average Bonchev–Trinajstić information content (AvgIpc) is 2.83. The Balaban J connectivity index is 2.18. The second-order valence-electron chi connectivity index (χ2n) is 3.54. The number of nitrogens with zero attached hydrogens (tertiary/aromatic N) is 2. The van der Waals surface area contributed by atoms with Gasteiger partial charge in [-0.3, -0.25) is 0 Å². The van der Waals surface area contributed by atoms with Crippen molar-refractivity contribution in [3.8, 4) is 11.8 Å². The quantitative estimate of drug-likeness (QED) is 0.630. The van der Waals surface area contributed by atoms with Crippen LogP contribution in [0.3, 0.4) is 0 Å². The number of aromatic nitrogens is 2. The van der Waals surface area contributed by atoms with E-state index in [1.54, 1.807) is 24.5 Å². The minimum absolute atomic E-state index is 0.369. The van der Waals surface area contributed by atoms with Crippen molar-refractivity contribution in [3.63, 3.8) is 0 Å². The third-order valence-electron chi connectivity index (χ3n) is 2.21. The van der Waals surface area contributed by atoms with Gasteiger partial charge in [-0.25, -0.2) is 9.97 Å². The molecule has 1 aromatic carbocycles. The molecule has 0 aliphatic rings. The Morgan fingerprint density at radius 2 is 2.06 bits per heavy atom. The Morgan fingerprint density at radius 3 is 2.81 bits per heavy atom. The first-order chi connectivity index (χ1) is 7.72. The summed E-state index contributed by atoms with van der Waals surface area (Å²) in [5.74, 6) is 0.751. The predicted octanol–water partition coefficient (Wildman–Crippen LogP) is 2.37. The first kappa shape index (κ1) is 8.96. The highest BCUT2D eigenvalue weighted by atomic mass is 16.4. The molecule has 0 saturated carbocycles. The van der Waals surface area contributed by atoms with Gasteiger partial charge in [-0.15, -0.1) is 0 Å². The summed E-state index contributed by atoms with van der Waals surface area (Å²) in [5.41, 5.74) is 8.44. The van der Waals surface area contributed by atoms with Gasteiger partial charge in [-0.2, -0.15) is 0 Å². The SMILES string of the molecule is Cc1coc(-c2nc3ccc(N)cc3o2)n1. The number of rotatable bonds is 1.